The molecule has 7 heteroatoms. The highest BCUT2D eigenvalue weighted by Crippen LogP contribution is 2.22. The summed E-state index contributed by atoms with van der Waals surface area (Å²) in [6, 6.07) is 15.4. The van der Waals surface area contributed by atoms with Gasteiger partial charge in [-0.15, -0.1) is 0 Å². The summed E-state index contributed by atoms with van der Waals surface area (Å²) in [5.41, 5.74) is 2.31. The summed E-state index contributed by atoms with van der Waals surface area (Å²) in [5.74, 6) is 0.128. The van der Waals surface area contributed by atoms with Crippen molar-refractivity contribution in [3.05, 3.63) is 59.7 Å². The molecule has 0 aliphatic heterocycles. The number of amides is 1. The smallest absolute Gasteiger partial charge is 0.258 e. The Morgan fingerprint density at radius 1 is 1.19 bits per heavy atom. The maximum absolute atomic E-state index is 12.7. The van der Waals surface area contributed by atoms with Crippen molar-refractivity contribution in [2.75, 3.05) is 18.5 Å². The predicted molar refractivity (Wildman–Crippen MR) is 105 cm³/mol. The lowest BCUT2D eigenvalue weighted by molar-refractivity contribution is 0.0993. The fraction of sp³-hybridized carbons (Fsp3) is 0.300. The molecule has 2 rings (SSSR count). The fourth-order valence-electron chi connectivity index (χ4n) is 2.50. The average Bonchev–Trinajstić information content (AvgIpc) is 2.67. The van der Waals surface area contributed by atoms with Crippen LogP contribution in [-0.2, 0) is 10.0 Å². The van der Waals surface area contributed by atoms with Crippen LogP contribution in [0.2, 0.25) is 0 Å². The largest absolute Gasteiger partial charge is 0.311 e. The van der Waals surface area contributed by atoms with E-state index in [4.69, 9.17) is 5.26 Å². The van der Waals surface area contributed by atoms with Gasteiger partial charge in [0.15, 0.2) is 0 Å². The number of carbonyl (C=O) groups excluding carboxylic acids is 1. The zero-order valence-electron chi connectivity index (χ0n) is 15.6. The van der Waals surface area contributed by atoms with Crippen molar-refractivity contribution >= 4 is 21.6 Å². The van der Waals surface area contributed by atoms with Crippen LogP contribution in [0.1, 0.15) is 42.1 Å². The number of rotatable bonds is 7. The van der Waals surface area contributed by atoms with Crippen molar-refractivity contribution in [1.29, 1.82) is 5.26 Å². The third-order valence-corrected chi connectivity index (χ3v) is 5.65. The molecule has 0 aromatic heterocycles. The molecule has 0 aliphatic carbocycles. The van der Waals surface area contributed by atoms with Crippen molar-refractivity contribution in [2.24, 2.45) is 0 Å². The molecule has 27 heavy (non-hydrogen) atoms. The van der Waals surface area contributed by atoms with Gasteiger partial charge >= 0.3 is 0 Å². The van der Waals surface area contributed by atoms with Gasteiger partial charge in [-0.2, -0.15) is 5.26 Å². The Morgan fingerprint density at radius 2 is 1.85 bits per heavy atom. The normalized spacial score (nSPS) is 11.2. The SMILES string of the molecule is CC(C)c1cccc(N(C)C(=O)c2ccc(S(=O)(=O)NCCC#N)cc2)c1. The number of benzene rings is 2. The van der Waals surface area contributed by atoms with E-state index in [9.17, 15) is 13.2 Å². The van der Waals surface area contributed by atoms with E-state index in [2.05, 4.69) is 18.6 Å². The maximum Gasteiger partial charge on any atom is 0.258 e. The molecule has 0 saturated carbocycles. The Labute approximate surface area is 160 Å². The van der Waals surface area contributed by atoms with Crippen molar-refractivity contribution in [3.63, 3.8) is 0 Å². The lowest BCUT2D eigenvalue weighted by Gasteiger charge is -2.19. The number of nitrogens with one attached hydrogen (secondary N) is 1. The number of carbonyl (C=O) groups is 1. The first-order valence-corrected chi connectivity index (χ1v) is 10.1. The Kier molecular flexibility index (Phi) is 6.72. The number of nitriles is 1. The van der Waals surface area contributed by atoms with E-state index < -0.39 is 10.0 Å². The highest BCUT2D eigenvalue weighted by atomic mass is 32.2. The Balaban J connectivity index is 2.18. The molecule has 0 radical (unpaired) electrons. The van der Waals surface area contributed by atoms with Crippen LogP contribution in [0.3, 0.4) is 0 Å². The van der Waals surface area contributed by atoms with Crippen molar-refractivity contribution in [1.82, 2.24) is 4.72 Å². The molecule has 0 fully saturated rings. The number of hydrogen-bond acceptors (Lipinski definition) is 4. The lowest BCUT2D eigenvalue weighted by atomic mass is 10.0. The van der Waals surface area contributed by atoms with E-state index in [0.29, 0.717) is 11.5 Å². The summed E-state index contributed by atoms with van der Waals surface area (Å²) >= 11 is 0. The van der Waals surface area contributed by atoms with E-state index in [1.54, 1.807) is 11.9 Å². The molecule has 6 nitrogen and oxygen atoms in total. The van der Waals surface area contributed by atoms with Gasteiger partial charge in [0.25, 0.3) is 5.91 Å². The van der Waals surface area contributed by atoms with E-state index in [1.165, 1.54) is 24.3 Å². The monoisotopic (exact) mass is 385 g/mol. The molecule has 0 unspecified atom stereocenters. The van der Waals surface area contributed by atoms with E-state index in [0.717, 1.165) is 11.3 Å². The zero-order valence-corrected chi connectivity index (χ0v) is 16.5. The predicted octanol–water partition coefficient (Wildman–Crippen LogP) is 3.28. The molecule has 0 spiro atoms. The highest BCUT2D eigenvalue weighted by molar-refractivity contribution is 7.89. The van der Waals surface area contributed by atoms with Crippen molar-refractivity contribution in [2.45, 2.75) is 31.1 Å². The third kappa shape index (κ3) is 5.16. The molecule has 2 aromatic rings. The number of anilines is 1. The van der Waals surface area contributed by atoms with Crippen LogP contribution in [0, 0.1) is 11.3 Å². The highest BCUT2D eigenvalue weighted by Gasteiger charge is 2.17. The van der Waals surface area contributed by atoms with E-state index in [-0.39, 0.29) is 23.8 Å². The van der Waals surface area contributed by atoms with Crippen LogP contribution in [0.25, 0.3) is 0 Å². The molecule has 0 aliphatic rings. The molecule has 1 N–H and O–H groups in total. The molecule has 2 aromatic carbocycles. The van der Waals surface area contributed by atoms with Crippen LogP contribution in [0.15, 0.2) is 53.4 Å². The van der Waals surface area contributed by atoms with Crippen LogP contribution in [0.5, 0.6) is 0 Å². The quantitative estimate of drug-likeness (QED) is 0.741. The summed E-state index contributed by atoms with van der Waals surface area (Å²) < 4.78 is 26.6. The summed E-state index contributed by atoms with van der Waals surface area (Å²) in [7, 11) is -2.00. The molecule has 0 saturated heterocycles. The first kappa shape index (κ1) is 20.6. The second kappa shape index (κ2) is 8.80. The minimum Gasteiger partial charge on any atom is -0.311 e. The van der Waals surface area contributed by atoms with Gasteiger partial charge in [-0.1, -0.05) is 26.0 Å². The van der Waals surface area contributed by atoms with Crippen LogP contribution in [-0.4, -0.2) is 27.9 Å². The first-order valence-electron chi connectivity index (χ1n) is 8.61. The second-order valence-electron chi connectivity index (χ2n) is 6.44. The standard InChI is InChI=1S/C20H23N3O3S/c1-15(2)17-6-4-7-18(14-17)23(3)20(24)16-8-10-19(11-9-16)27(25,26)22-13-5-12-21/h4,6-11,14-15,22H,5,13H2,1-3H3. The van der Waals surface area contributed by atoms with Gasteiger partial charge < -0.3 is 4.90 Å². The molecule has 0 heterocycles. The first-order chi connectivity index (χ1) is 12.8. The van der Waals surface area contributed by atoms with Crippen LogP contribution < -0.4 is 9.62 Å². The van der Waals surface area contributed by atoms with Gasteiger partial charge in [-0.05, 0) is 47.9 Å². The summed E-state index contributed by atoms with van der Waals surface area (Å²) in [6.07, 6.45) is 0.0933. The average molecular weight is 385 g/mol. The van der Waals surface area contributed by atoms with E-state index in [1.807, 2.05) is 30.3 Å². The molecular formula is C20H23N3O3S. The topological polar surface area (TPSA) is 90.3 Å². The maximum atomic E-state index is 12.7. The van der Waals surface area contributed by atoms with Crippen LogP contribution in [0.4, 0.5) is 5.69 Å². The van der Waals surface area contributed by atoms with Crippen molar-refractivity contribution < 1.29 is 13.2 Å². The zero-order chi connectivity index (χ0) is 20.0. The van der Waals surface area contributed by atoms with Crippen LogP contribution >= 0.6 is 0 Å². The summed E-state index contributed by atoms with van der Waals surface area (Å²) in [4.78, 5) is 14.3. The van der Waals surface area contributed by atoms with Gasteiger partial charge in [0.05, 0.1) is 11.0 Å². The lowest BCUT2D eigenvalue weighted by Crippen LogP contribution is -2.27. The Hall–Kier alpha value is -2.69. The van der Waals surface area contributed by atoms with Gasteiger partial charge in [0, 0.05) is 31.3 Å². The van der Waals surface area contributed by atoms with Gasteiger partial charge in [-0.3, -0.25) is 4.79 Å². The third-order valence-electron chi connectivity index (χ3n) is 4.17. The molecule has 1 amide bonds. The van der Waals surface area contributed by atoms with E-state index >= 15 is 0 Å². The number of sulfonamides is 1. The van der Waals surface area contributed by atoms with Gasteiger partial charge in [0.2, 0.25) is 10.0 Å². The minimum absolute atomic E-state index is 0.0500. The Morgan fingerprint density at radius 3 is 2.44 bits per heavy atom. The van der Waals surface area contributed by atoms with Gasteiger partial charge in [-0.25, -0.2) is 13.1 Å². The molecule has 0 bridgehead atoms. The Bertz CT molecular complexity index is 945. The summed E-state index contributed by atoms with van der Waals surface area (Å²) in [6.45, 7) is 4.23. The number of nitrogens with zero attached hydrogens (tertiary/aromatic N) is 2. The van der Waals surface area contributed by atoms with Crippen molar-refractivity contribution in [3.8, 4) is 6.07 Å². The number of hydrogen-bond donors (Lipinski definition) is 1. The second-order valence-corrected chi connectivity index (χ2v) is 8.21. The summed E-state index contributed by atoms with van der Waals surface area (Å²) in [5, 5.41) is 8.50. The van der Waals surface area contributed by atoms with Gasteiger partial charge in [0.1, 0.15) is 0 Å². The fourth-order valence-corrected chi connectivity index (χ4v) is 3.54. The molecule has 142 valence electrons. The minimum atomic E-state index is -3.69. The molecule has 0 atom stereocenters. The molecular weight excluding hydrogens is 362 g/mol.